The van der Waals surface area contributed by atoms with E-state index in [4.69, 9.17) is 4.98 Å². The van der Waals surface area contributed by atoms with Crippen molar-refractivity contribution in [2.24, 2.45) is 0 Å². The molecule has 0 bridgehead atoms. The molecule has 3 amide bonds. The molecule has 0 radical (unpaired) electrons. The van der Waals surface area contributed by atoms with Crippen LogP contribution in [0.1, 0.15) is 74.2 Å². The number of pyridine rings is 1. The Morgan fingerprint density at radius 2 is 1.57 bits per heavy atom. The normalized spacial score (nSPS) is 13.4. The molecule has 2 aromatic carbocycles. The van der Waals surface area contributed by atoms with Crippen LogP contribution in [0, 0.1) is 27.7 Å². The van der Waals surface area contributed by atoms with Gasteiger partial charge in [-0.2, -0.15) is 9.78 Å². The Hall–Kier alpha value is -4.33. The van der Waals surface area contributed by atoms with Crippen LogP contribution in [0.4, 0.5) is 5.82 Å². The second kappa shape index (κ2) is 8.37. The Labute approximate surface area is 215 Å². The van der Waals surface area contributed by atoms with Gasteiger partial charge in [0, 0.05) is 22.6 Å². The summed E-state index contributed by atoms with van der Waals surface area (Å²) in [6, 6.07) is 12.5. The van der Waals surface area contributed by atoms with E-state index in [1.165, 1.54) is 22.6 Å². The van der Waals surface area contributed by atoms with Gasteiger partial charge in [-0.25, -0.2) is 4.98 Å². The van der Waals surface area contributed by atoms with Gasteiger partial charge in [0.25, 0.3) is 17.7 Å². The largest absolute Gasteiger partial charge is 0.306 e. The molecule has 0 saturated carbocycles. The van der Waals surface area contributed by atoms with Gasteiger partial charge in [-0.3, -0.25) is 19.3 Å². The Balaban J connectivity index is 1.50. The van der Waals surface area contributed by atoms with Gasteiger partial charge < -0.3 is 5.32 Å². The molecule has 1 N–H and O–H groups in total. The van der Waals surface area contributed by atoms with Crippen LogP contribution < -0.4 is 5.32 Å². The molecule has 0 aliphatic carbocycles. The number of hydrogen-bond donors (Lipinski definition) is 1. The minimum atomic E-state index is -0.665. The van der Waals surface area contributed by atoms with Crippen LogP contribution in [0.25, 0.3) is 16.7 Å². The molecule has 1 aliphatic heterocycles. The Morgan fingerprint density at radius 1 is 0.865 bits per heavy atom. The average molecular weight is 496 g/mol. The summed E-state index contributed by atoms with van der Waals surface area (Å²) in [5, 5.41) is 8.56. The molecule has 188 valence electrons. The van der Waals surface area contributed by atoms with E-state index in [1.807, 2.05) is 26.8 Å². The average Bonchev–Trinajstić information content (AvgIpc) is 3.30. The van der Waals surface area contributed by atoms with Crippen molar-refractivity contribution in [2.75, 3.05) is 5.32 Å². The van der Waals surface area contributed by atoms with Crippen LogP contribution in [0.2, 0.25) is 0 Å². The Bertz CT molecular complexity index is 1640. The molecule has 8 nitrogen and oxygen atoms in total. The number of anilines is 1. The topological polar surface area (TPSA) is 97.2 Å². The number of hydrogen-bond acceptors (Lipinski definition) is 5. The van der Waals surface area contributed by atoms with Crippen molar-refractivity contribution in [2.45, 2.75) is 54.0 Å². The van der Waals surface area contributed by atoms with Crippen LogP contribution in [-0.4, -0.2) is 42.9 Å². The summed E-state index contributed by atoms with van der Waals surface area (Å²) in [7, 11) is 0. The Morgan fingerprint density at radius 3 is 2.27 bits per heavy atom. The second-order valence-electron chi connectivity index (χ2n) is 10.7. The Kier molecular flexibility index (Phi) is 5.51. The molecule has 4 aromatic rings. The fourth-order valence-corrected chi connectivity index (χ4v) is 4.88. The lowest BCUT2D eigenvalue weighted by molar-refractivity contribution is 0.0507. The fourth-order valence-electron chi connectivity index (χ4n) is 4.88. The third-order valence-electron chi connectivity index (χ3n) is 6.55. The van der Waals surface area contributed by atoms with Crippen LogP contribution in [0.15, 0.2) is 42.5 Å². The first kappa shape index (κ1) is 24.4. The molecule has 37 heavy (non-hydrogen) atoms. The molecule has 0 spiro atoms. The number of rotatable bonds is 3. The summed E-state index contributed by atoms with van der Waals surface area (Å²) in [4.78, 5) is 45.1. The lowest BCUT2D eigenvalue weighted by atomic mass is 10.0. The SMILES string of the molecule is Cc1cc(C)c2nc(-n3nc(C)cc3NC(=O)c3ccc4c(c3)C(=O)N(C(C)(C)C)C4=O)cc(C)c2c1. The lowest BCUT2D eigenvalue weighted by Crippen LogP contribution is -2.45. The maximum absolute atomic E-state index is 13.3. The van der Waals surface area contributed by atoms with Gasteiger partial charge in [-0.05, 0) is 89.9 Å². The van der Waals surface area contributed by atoms with Gasteiger partial charge >= 0.3 is 0 Å². The molecule has 3 heterocycles. The molecule has 5 rings (SSSR count). The van der Waals surface area contributed by atoms with Crippen molar-refractivity contribution in [3.05, 3.63) is 81.5 Å². The maximum Gasteiger partial charge on any atom is 0.262 e. The van der Waals surface area contributed by atoms with Crippen molar-refractivity contribution < 1.29 is 14.4 Å². The number of carbonyl (C=O) groups excluding carboxylic acids is 3. The molecule has 1 aliphatic rings. The highest BCUT2D eigenvalue weighted by atomic mass is 16.2. The van der Waals surface area contributed by atoms with E-state index in [2.05, 4.69) is 29.5 Å². The van der Waals surface area contributed by atoms with Gasteiger partial charge in [-0.1, -0.05) is 11.6 Å². The molecular formula is C29H29N5O3. The van der Waals surface area contributed by atoms with Gasteiger partial charge in [0.2, 0.25) is 0 Å². The van der Waals surface area contributed by atoms with E-state index >= 15 is 0 Å². The van der Waals surface area contributed by atoms with Crippen molar-refractivity contribution in [3.8, 4) is 5.82 Å². The number of aryl methyl sites for hydroxylation is 4. The molecule has 0 atom stereocenters. The van der Waals surface area contributed by atoms with E-state index in [0.29, 0.717) is 22.9 Å². The minimum Gasteiger partial charge on any atom is -0.306 e. The number of imide groups is 1. The number of benzene rings is 2. The first-order valence-electron chi connectivity index (χ1n) is 12.1. The second-order valence-corrected chi connectivity index (χ2v) is 10.7. The van der Waals surface area contributed by atoms with Crippen molar-refractivity contribution in [1.29, 1.82) is 0 Å². The molecule has 2 aromatic heterocycles. The van der Waals surface area contributed by atoms with E-state index in [-0.39, 0.29) is 17.0 Å². The van der Waals surface area contributed by atoms with Crippen LogP contribution in [-0.2, 0) is 0 Å². The summed E-state index contributed by atoms with van der Waals surface area (Å²) >= 11 is 0. The highest BCUT2D eigenvalue weighted by molar-refractivity contribution is 6.22. The molecule has 0 unspecified atom stereocenters. The zero-order valence-electron chi connectivity index (χ0n) is 22.1. The molecule has 8 heteroatoms. The van der Waals surface area contributed by atoms with Crippen molar-refractivity contribution in [1.82, 2.24) is 19.7 Å². The summed E-state index contributed by atoms with van der Waals surface area (Å²) in [6.07, 6.45) is 0. The quantitative estimate of drug-likeness (QED) is 0.389. The van der Waals surface area contributed by atoms with Crippen LogP contribution >= 0.6 is 0 Å². The van der Waals surface area contributed by atoms with Gasteiger partial charge in [0.1, 0.15) is 5.82 Å². The third-order valence-corrected chi connectivity index (χ3v) is 6.55. The smallest absolute Gasteiger partial charge is 0.262 e. The summed E-state index contributed by atoms with van der Waals surface area (Å²) < 4.78 is 1.61. The standard InChI is InChI=1S/C29H29N5O3/c1-15-10-17(3)25-21(11-15)16(2)12-23(30-25)34-24(13-18(4)32-34)31-26(35)19-8-9-20-22(14-19)28(37)33(27(20)36)29(5,6)7/h8-14H,1-7H3,(H,31,35). The summed E-state index contributed by atoms with van der Waals surface area (Å²) in [5.41, 5.74) is 5.04. The van der Waals surface area contributed by atoms with Crippen LogP contribution in [0.3, 0.4) is 0 Å². The highest BCUT2D eigenvalue weighted by Gasteiger charge is 2.42. The highest BCUT2D eigenvalue weighted by Crippen LogP contribution is 2.30. The predicted molar refractivity (Wildman–Crippen MR) is 142 cm³/mol. The fraction of sp³-hybridized carbons (Fsp3) is 0.276. The number of carbonyl (C=O) groups is 3. The molecule has 0 saturated heterocycles. The van der Waals surface area contributed by atoms with Crippen molar-refractivity contribution in [3.63, 3.8) is 0 Å². The summed E-state index contributed by atoms with van der Waals surface area (Å²) in [5.74, 6) is -0.114. The van der Waals surface area contributed by atoms with Gasteiger partial charge in [-0.15, -0.1) is 0 Å². The van der Waals surface area contributed by atoms with E-state index in [0.717, 1.165) is 22.0 Å². The number of amides is 3. The zero-order valence-corrected chi connectivity index (χ0v) is 22.1. The monoisotopic (exact) mass is 495 g/mol. The number of nitrogens with zero attached hydrogens (tertiary/aromatic N) is 4. The number of fused-ring (bicyclic) bond motifs is 2. The third kappa shape index (κ3) is 4.08. The van der Waals surface area contributed by atoms with E-state index in [9.17, 15) is 14.4 Å². The predicted octanol–water partition coefficient (Wildman–Crippen LogP) is 5.30. The van der Waals surface area contributed by atoms with Gasteiger partial charge in [0.15, 0.2) is 5.82 Å². The minimum absolute atomic E-state index is 0.231. The zero-order chi connectivity index (χ0) is 26.8. The number of aromatic nitrogens is 3. The molecular weight excluding hydrogens is 466 g/mol. The van der Waals surface area contributed by atoms with E-state index < -0.39 is 17.4 Å². The number of nitrogens with one attached hydrogen (secondary N) is 1. The first-order chi connectivity index (χ1) is 17.3. The van der Waals surface area contributed by atoms with Crippen LogP contribution in [0.5, 0.6) is 0 Å². The van der Waals surface area contributed by atoms with Crippen molar-refractivity contribution >= 4 is 34.4 Å². The first-order valence-corrected chi connectivity index (χ1v) is 12.1. The van der Waals surface area contributed by atoms with Gasteiger partial charge in [0.05, 0.1) is 22.3 Å². The van der Waals surface area contributed by atoms with E-state index in [1.54, 1.807) is 37.6 Å². The summed E-state index contributed by atoms with van der Waals surface area (Å²) in [6.45, 7) is 13.4. The lowest BCUT2D eigenvalue weighted by Gasteiger charge is -2.29. The maximum atomic E-state index is 13.3. The molecule has 0 fully saturated rings.